The number of hydrogen-bond acceptors (Lipinski definition) is 7. The first-order valence-electron chi connectivity index (χ1n) is 12.7. The fourth-order valence-corrected chi connectivity index (χ4v) is 4.89. The molecule has 0 aliphatic carbocycles. The predicted octanol–water partition coefficient (Wildman–Crippen LogP) is 5.31. The van der Waals surface area contributed by atoms with Crippen molar-refractivity contribution >= 4 is 32.6 Å². The maximum absolute atomic E-state index is 15.2. The van der Waals surface area contributed by atoms with Crippen LogP contribution in [0.15, 0.2) is 72.9 Å². The van der Waals surface area contributed by atoms with Gasteiger partial charge >= 0.3 is 0 Å². The molecule has 9 nitrogen and oxygen atoms in total. The van der Waals surface area contributed by atoms with Crippen molar-refractivity contribution in [2.45, 2.75) is 26.5 Å². The molecule has 0 saturated heterocycles. The highest BCUT2D eigenvalue weighted by Gasteiger charge is 2.19. The molecule has 0 fully saturated rings. The highest BCUT2D eigenvalue weighted by Crippen LogP contribution is 2.32. The van der Waals surface area contributed by atoms with Crippen LogP contribution in [0.5, 0.6) is 5.75 Å². The lowest BCUT2D eigenvalue weighted by Crippen LogP contribution is -2.26. The van der Waals surface area contributed by atoms with Gasteiger partial charge < -0.3 is 10.1 Å². The molecule has 5 aromatic rings. The second-order valence-electron chi connectivity index (χ2n) is 9.31. The maximum Gasteiger partial charge on any atom is 0.232 e. The number of aromatic amines is 1. The van der Waals surface area contributed by atoms with Crippen molar-refractivity contribution in [3.05, 3.63) is 95.4 Å². The van der Waals surface area contributed by atoms with E-state index in [-0.39, 0.29) is 18.9 Å². The first-order valence-corrected chi connectivity index (χ1v) is 14.6. The summed E-state index contributed by atoms with van der Waals surface area (Å²) in [5.74, 6) is 0.462. The topological polar surface area (TPSA) is 113 Å². The summed E-state index contributed by atoms with van der Waals surface area (Å²) in [4.78, 5) is 9.34. The lowest BCUT2D eigenvalue weighted by molar-refractivity contribution is 0.290. The molecule has 2 aromatic heterocycles. The Hall–Kier alpha value is -4.51. The number of H-pyrrole nitrogens is 1. The van der Waals surface area contributed by atoms with Gasteiger partial charge in [0.05, 0.1) is 23.5 Å². The molecule has 0 radical (unpaired) electrons. The molecular formula is C29H29FN6O3S. The van der Waals surface area contributed by atoms with E-state index in [1.807, 2.05) is 49.4 Å². The average molecular weight is 561 g/mol. The molecule has 5 rings (SSSR count). The molecule has 0 atom stereocenters. The second-order valence-corrected chi connectivity index (χ2v) is 11.3. The Kier molecular flexibility index (Phi) is 7.65. The SMILES string of the molecule is CCc1cc(OCc2ccccc2)c(F)cc1-c1nc(NCc2ccccc2N(C)S(C)(=O)=O)c2cn[nH]c2n1. The van der Waals surface area contributed by atoms with Gasteiger partial charge in [-0.3, -0.25) is 9.40 Å². The Bertz CT molecular complexity index is 1760. The van der Waals surface area contributed by atoms with Crippen LogP contribution in [0, 0.1) is 5.82 Å². The van der Waals surface area contributed by atoms with Crippen molar-refractivity contribution in [3.8, 4) is 17.1 Å². The predicted molar refractivity (Wildman–Crippen MR) is 154 cm³/mol. The summed E-state index contributed by atoms with van der Waals surface area (Å²) in [6.07, 6.45) is 3.37. The van der Waals surface area contributed by atoms with Crippen LogP contribution in [0.3, 0.4) is 0 Å². The van der Waals surface area contributed by atoms with Gasteiger partial charge in [0.1, 0.15) is 12.4 Å². The third kappa shape index (κ3) is 5.74. The van der Waals surface area contributed by atoms with E-state index in [9.17, 15) is 8.42 Å². The zero-order chi connectivity index (χ0) is 28.3. The second kappa shape index (κ2) is 11.3. The Morgan fingerprint density at radius 3 is 2.52 bits per heavy atom. The van der Waals surface area contributed by atoms with Gasteiger partial charge in [-0.15, -0.1) is 0 Å². The number of nitrogens with zero attached hydrogens (tertiary/aromatic N) is 4. The normalized spacial score (nSPS) is 11.5. The van der Waals surface area contributed by atoms with Crippen molar-refractivity contribution < 1.29 is 17.5 Å². The number of rotatable bonds is 10. The Balaban J connectivity index is 1.46. The molecule has 206 valence electrons. The van der Waals surface area contributed by atoms with Crippen LogP contribution in [0.2, 0.25) is 0 Å². The molecule has 0 aliphatic heterocycles. The summed E-state index contributed by atoms with van der Waals surface area (Å²) in [5, 5.41) is 10.9. The van der Waals surface area contributed by atoms with Crippen LogP contribution in [0.4, 0.5) is 15.9 Å². The highest BCUT2D eigenvalue weighted by molar-refractivity contribution is 7.92. The first-order chi connectivity index (χ1) is 19.2. The molecule has 2 heterocycles. The molecule has 0 aliphatic rings. The number of sulfonamides is 1. The lowest BCUT2D eigenvalue weighted by atomic mass is 10.0. The zero-order valence-electron chi connectivity index (χ0n) is 22.3. The molecule has 40 heavy (non-hydrogen) atoms. The van der Waals surface area contributed by atoms with E-state index in [1.54, 1.807) is 24.4 Å². The number of nitrogens with one attached hydrogen (secondary N) is 2. The first kappa shape index (κ1) is 27.1. The summed E-state index contributed by atoms with van der Waals surface area (Å²) in [6.45, 7) is 2.51. The van der Waals surface area contributed by atoms with Crippen molar-refractivity contribution in [1.82, 2.24) is 20.2 Å². The third-order valence-electron chi connectivity index (χ3n) is 6.60. The number of aryl methyl sites for hydroxylation is 1. The number of benzene rings is 3. The van der Waals surface area contributed by atoms with E-state index in [2.05, 4.69) is 20.5 Å². The molecule has 0 bridgehead atoms. The molecule has 3 aromatic carbocycles. The summed E-state index contributed by atoms with van der Waals surface area (Å²) in [6, 6.07) is 19.9. The van der Waals surface area contributed by atoms with Crippen molar-refractivity contribution in [2.75, 3.05) is 22.9 Å². The Morgan fingerprint density at radius 1 is 1.02 bits per heavy atom. The molecule has 0 unspecified atom stereocenters. The van der Waals surface area contributed by atoms with Crippen LogP contribution in [0.1, 0.15) is 23.6 Å². The van der Waals surface area contributed by atoms with Gasteiger partial charge in [-0.25, -0.2) is 22.8 Å². The highest BCUT2D eigenvalue weighted by atomic mass is 32.2. The number of aromatic nitrogens is 4. The van der Waals surface area contributed by atoms with Gasteiger partial charge in [0.15, 0.2) is 23.0 Å². The van der Waals surface area contributed by atoms with Crippen LogP contribution < -0.4 is 14.4 Å². The van der Waals surface area contributed by atoms with Crippen molar-refractivity contribution in [3.63, 3.8) is 0 Å². The maximum atomic E-state index is 15.2. The molecule has 0 saturated carbocycles. The number of para-hydroxylation sites is 1. The minimum Gasteiger partial charge on any atom is -0.486 e. The fraction of sp³-hybridized carbons (Fsp3) is 0.207. The van der Waals surface area contributed by atoms with E-state index in [0.29, 0.717) is 40.3 Å². The molecule has 11 heteroatoms. The monoisotopic (exact) mass is 560 g/mol. The third-order valence-corrected chi connectivity index (χ3v) is 7.79. The minimum absolute atomic E-state index is 0.164. The number of anilines is 2. The van der Waals surface area contributed by atoms with Gasteiger partial charge in [0, 0.05) is 19.2 Å². The molecule has 2 N–H and O–H groups in total. The Morgan fingerprint density at radius 2 is 1.77 bits per heavy atom. The van der Waals surface area contributed by atoms with E-state index in [4.69, 9.17) is 9.72 Å². The summed E-state index contributed by atoms with van der Waals surface area (Å²) in [7, 11) is -1.93. The van der Waals surface area contributed by atoms with Gasteiger partial charge in [-0.1, -0.05) is 55.5 Å². The van der Waals surface area contributed by atoms with Crippen LogP contribution >= 0.6 is 0 Å². The standard InChI is InChI=1S/C29H29FN6O3S/c1-4-20-14-26(39-18-19-10-6-5-7-11-19)24(30)15-22(20)28-33-27(23-17-32-35-29(23)34-28)31-16-21-12-8-9-13-25(21)36(2)40(3,37)38/h5-15,17H,4,16,18H2,1-3H3,(H2,31,32,33,34,35). The largest absolute Gasteiger partial charge is 0.486 e. The number of ether oxygens (including phenoxy) is 1. The molecule has 0 amide bonds. The molecular weight excluding hydrogens is 531 g/mol. The van der Waals surface area contributed by atoms with Crippen LogP contribution in [-0.2, 0) is 29.6 Å². The zero-order valence-corrected chi connectivity index (χ0v) is 23.2. The molecule has 0 spiro atoms. The van der Waals surface area contributed by atoms with Crippen LogP contribution in [-0.4, -0.2) is 41.9 Å². The summed E-state index contributed by atoms with van der Waals surface area (Å²) < 4.78 is 46.6. The fourth-order valence-electron chi connectivity index (χ4n) is 4.36. The number of hydrogen-bond donors (Lipinski definition) is 2. The van der Waals surface area contributed by atoms with E-state index in [1.165, 1.54) is 17.4 Å². The quantitative estimate of drug-likeness (QED) is 0.238. The smallest absolute Gasteiger partial charge is 0.232 e. The van der Waals surface area contributed by atoms with Gasteiger partial charge in [0.2, 0.25) is 10.0 Å². The van der Waals surface area contributed by atoms with E-state index >= 15 is 4.39 Å². The van der Waals surface area contributed by atoms with Gasteiger partial charge in [-0.2, -0.15) is 5.10 Å². The minimum atomic E-state index is -3.45. The Labute approximate surface area is 232 Å². The van der Waals surface area contributed by atoms with E-state index < -0.39 is 15.8 Å². The van der Waals surface area contributed by atoms with Gasteiger partial charge in [-0.05, 0) is 41.3 Å². The number of fused-ring (bicyclic) bond motifs is 1. The lowest BCUT2D eigenvalue weighted by Gasteiger charge is -2.20. The van der Waals surface area contributed by atoms with E-state index in [0.717, 1.165) is 22.9 Å². The van der Waals surface area contributed by atoms with Gasteiger partial charge in [0.25, 0.3) is 0 Å². The van der Waals surface area contributed by atoms with Crippen molar-refractivity contribution in [1.29, 1.82) is 0 Å². The van der Waals surface area contributed by atoms with Crippen molar-refractivity contribution in [2.24, 2.45) is 0 Å². The summed E-state index contributed by atoms with van der Waals surface area (Å²) >= 11 is 0. The average Bonchev–Trinajstić information content (AvgIpc) is 3.44. The van der Waals surface area contributed by atoms with Crippen LogP contribution in [0.25, 0.3) is 22.4 Å². The summed E-state index contributed by atoms with van der Waals surface area (Å²) in [5.41, 5.74) is 4.11. The number of halogens is 1.